The number of rotatable bonds is 0. The molecule has 0 fully saturated rings. The molecule has 3 heteroatoms. The molecule has 3 rings (SSSR count). The van der Waals surface area contributed by atoms with E-state index in [2.05, 4.69) is 25.8 Å². The van der Waals surface area contributed by atoms with Crippen molar-refractivity contribution in [3.05, 3.63) is 35.5 Å². The molecule has 1 atom stereocenters. The SMILES string of the molecule is CC1CC(C)(C)c2c1nc1ccc(F)cn21. The Morgan fingerprint density at radius 3 is 2.94 bits per heavy atom. The lowest BCUT2D eigenvalue weighted by Gasteiger charge is -2.19. The van der Waals surface area contributed by atoms with Crippen molar-refractivity contribution < 1.29 is 4.39 Å². The van der Waals surface area contributed by atoms with Crippen molar-refractivity contribution >= 4 is 5.65 Å². The van der Waals surface area contributed by atoms with Crippen molar-refractivity contribution in [3.8, 4) is 0 Å². The lowest BCUT2D eigenvalue weighted by Crippen LogP contribution is -2.15. The van der Waals surface area contributed by atoms with E-state index >= 15 is 0 Å². The molecule has 0 saturated carbocycles. The standard InChI is InChI=1S/C13H15FN2/c1-8-6-13(2,3)12-11(8)15-10-5-4-9(14)7-16(10)12/h4-5,7-8H,6H2,1-3H3. The molecule has 0 amide bonds. The Morgan fingerprint density at radius 2 is 2.19 bits per heavy atom. The van der Waals surface area contributed by atoms with E-state index in [0.29, 0.717) is 5.92 Å². The van der Waals surface area contributed by atoms with E-state index in [-0.39, 0.29) is 11.2 Å². The second kappa shape index (κ2) is 2.84. The Kier molecular flexibility index (Phi) is 1.74. The zero-order valence-corrected chi connectivity index (χ0v) is 9.79. The highest BCUT2D eigenvalue weighted by molar-refractivity contribution is 5.48. The molecular weight excluding hydrogens is 203 g/mol. The van der Waals surface area contributed by atoms with Gasteiger partial charge in [-0.3, -0.25) is 0 Å². The van der Waals surface area contributed by atoms with Gasteiger partial charge in [0.15, 0.2) is 0 Å². The first-order valence-corrected chi connectivity index (χ1v) is 5.67. The summed E-state index contributed by atoms with van der Waals surface area (Å²) in [4.78, 5) is 4.61. The summed E-state index contributed by atoms with van der Waals surface area (Å²) in [6.07, 6.45) is 2.63. The highest BCUT2D eigenvalue weighted by Crippen LogP contribution is 2.45. The molecule has 0 bridgehead atoms. The molecule has 0 saturated heterocycles. The van der Waals surface area contributed by atoms with E-state index in [1.54, 1.807) is 12.3 Å². The smallest absolute Gasteiger partial charge is 0.139 e. The van der Waals surface area contributed by atoms with Crippen LogP contribution >= 0.6 is 0 Å². The number of hydrogen-bond acceptors (Lipinski definition) is 1. The predicted octanol–water partition coefficient (Wildman–Crippen LogP) is 3.26. The van der Waals surface area contributed by atoms with Gasteiger partial charge in [0.2, 0.25) is 0 Å². The van der Waals surface area contributed by atoms with Gasteiger partial charge in [-0.1, -0.05) is 20.8 Å². The maximum Gasteiger partial charge on any atom is 0.139 e. The van der Waals surface area contributed by atoms with Gasteiger partial charge in [-0.2, -0.15) is 0 Å². The van der Waals surface area contributed by atoms with Crippen LogP contribution in [0, 0.1) is 5.82 Å². The van der Waals surface area contributed by atoms with E-state index in [1.165, 1.54) is 11.8 Å². The summed E-state index contributed by atoms with van der Waals surface area (Å²) in [5, 5.41) is 0. The first-order chi connectivity index (χ1) is 7.49. The maximum atomic E-state index is 13.3. The summed E-state index contributed by atoms with van der Waals surface area (Å²) in [6, 6.07) is 3.21. The van der Waals surface area contributed by atoms with Crippen molar-refractivity contribution in [1.82, 2.24) is 9.38 Å². The van der Waals surface area contributed by atoms with Crippen molar-refractivity contribution in [1.29, 1.82) is 0 Å². The fourth-order valence-corrected chi connectivity index (χ4v) is 3.01. The Hall–Kier alpha value is -1.38. The van der Waals surface area contributed by atoms with Gasteiger partial charge in [0, 0.05) is 17.5 Å². The zero-order valence-electron chi connectivity index (χ0n) is 9.79. The molecule has 0 aromatic carbocycles. The first-order valence-electron chi connectivity index (χ1n) is 5.67. The number of halogens is 1. The van der Waals surface area contributed by atoms with Crippen molar-refractivity contribution in [2.45, 2.75) is 38.5 Å². The molecule has 1 aliphatic rings. The minimum atomic E-state index is -0.206. The third-order valence-corrected chi connectivity index (χ3v) is 3.53. The molecule has 0 spiro atoms. The van der Waals surface area contributed by atoms with Gasteiger partial charge in [-0.05, 0) is 18.6 Å². The molecule has 16 heavy (non-hydrogen) atoms. The largest absolute Gasteiger partial charge is 0.300 e. The van der Waals surface area contributed by atoms with Crippen LogP contribution in [0.5, 0.6) is 0 Å². The summed E-state index contributed by atoms with van der Waals surface area (Å²) >= 11 is 0. The second-order valence-electron chi connectivity index (χ2n) is 5.41. The van der Waals surface area contributed by atoms with Crippen LogP contribution in [0.2, 0.25) is 0 Å². The molecule has 0 radical (unpaired) electrons. The average molecular weight is 218 g/mol. The van der Waals surface area contributed by atoms with Crippen LogP contribution in [0.3, 0.4) is 0 Å². The van der Waals surface area contributed by atoms with Crippen LogP contribution in [-0.4, -0.2) is 9.38 Å². The summed E-state index contributed by atoms with van der Waals surface area (Å²) in [7, 11) is 0. The Labute approximate surface area is 94.1 Å². The Balaban J connectivity index is 2.39. The summed E-state index contributed by atoms with van der Waals surface area (Å²) in [5.74, 6) is 0.260. The zero-order chi connectivity index (χ0) is 11.5. The first kappa shape index (κ1) is 9.82. The second-order valence-corrected chi connectivity index (χ2v) is 5.41. The number of hydrogen-bond donors (Lipinski definition) is 0. The molecule has 0 aliphatic heterocycles. The van der Waals surface area contributed by atoms with Crippen molar-refractivity contribution in [2.75, 3.05) is 0 Å². The monoisotopic (exact) mass is 218 g/mol. The quantitative estimate of drug-likeness (QED) is 0.663. The minimum absolute atomic E-state index is 0.0853. The van der Waals surface area contributed by atoms with Crippen LogP contribution in [0.4, 0.5) is 4.39 Å². The van der Waals surface area contributed by atoms with Crippen LogP contribution in [-0.2, 0) is 5.41 Å². The van der Waals surface area contributed by atoms with Crippen molar-refractivity contribution in [3.63, 3.8) is 0 Å². The molecule has 84 valence electrons. The number of fused-ring (bicyclic) bond motifs is 3. The Bertz CT molecular complexity index is 569. The molecule has 2 aromatic heterocycles. The van der Waals surface area contributed by atoms with E-state index in [1.807, 2.05) is 4.40 Å². The van der Waals surface area contributed by atoms with Gasteiger partial charge in [-0.25, -0.2) is 9.37 Å². The van der Waals surface area contributed by atoms with Crippen LogP contribution < -0.4 is 0 Å². The Morgan fingerprint density at radius 1 is 1.44 bits per heavy atom. The molecule has 0 N–H and O–H groups in total. The van der Waals surface area contributed by atoms with Gasteiger partial charge < -0.3 is 4.40 Å². The lowest BCUT2D eigenvalue weighted by atomic mass is 9.89. The van der Waals surface area contributed by atoms with Gasteiger partial charge >= 0.3 is 0 Å². The highest BCUT2D eigenvalue weighted by Gasteiger charge is 2.38. The van der Waals surface area contributed by atoms with Gasteiger partial charge in [0.05, 0.1) is 11.4 Å². The molecule has 1 aliphatic carbocycles. The molecule has 1 unspecified atom stereocenters. The van der Waals surface area contributed by atoms with Crippen molar-refractivity contribution in [2.24, 2.45) is 0 Å². The topological polar surface area (TPSA) is 17.3 Å². The van der Waals surface area contributed by atoms with Crippen LogP contribution in [0.15, 0.2) is 18.3 Å². The van der Waals surface area contributed by atoms with E-state index in [9.17, 15) is 4.39 Å². The fourth-order valence-electron chi connectivity index (χ4n) is 3.01. The minimum Gasteiger partial charge on any atom is -0.300 e. The lowest BCUT2D eigenvalue weighted by molar-refractivity contribution is 0.472. The number of nitrogens with zero attached hydrogens (tertiary/aromatic N) is 2. The molecule has 2 aromatic rings. The van der Waals surface area contributed by atoms with Crippen LogP contribution in [0.1, 0.15) is 44.5 Å². The molecule has 2 heterocycles. The number of pyridine rings is 1. The highest BCUT2D eigenvalue weighted by atomic mass is 19.1. The molecule has 2 nitrogen and oxygen atoms in total. The summed E-state index contributed by atoms with van der Waals surface area (Å²) in [6.45, 7) is 6.60. The maximum absolute atomic E-state index is 13.3. The summed E-state index contributed by atoms with van der Waals surface area (Å²) in [5.41, 5.74) is 3.25. The number of imidazole rings is 1. The molecular formula is C13H15FN2. The van der Waals surface area contributed by atoms with E-state index in [0.717, 1.165) is 17.8 Å². The third-order valence-electron chi connectivity index (χ3n) is 3.53. The predicted molar refractivity (Wildman–Crippen MR) is 61.2 cm³/mol. The van der Waals surface area contributed by atoms with Gasteiger partial charge in [0.1, 0.15) is 11.5 Å². The average Bonchev–Trinajstić information content (AvgIpc) is 2.64. The summed E-state index contributed by atoms with van der Waals surface area (Å²) < 4.78 is 15.2. The van der Waals surface area contributed by atoms with E-state index < -0.39 is 0 Å². The normalized spacial score (nSPS) is 22.6. The fraction of sp³-hybridized carbons (Fsp3) is 0.462. The number of aromatic nitrogens is 2. The van der Waals surface area contributed by atoms with Gasteiger partial charge in [0.25, 0.3) is 0 Å². The van der Waals surface area contributed by atoms with Gasteiger partial charge in [-0.15, -0.1) is 0 Å². The van der Waals surface area contributed by atoms with E-state index in [4.69, 9.17) is 0 Å². The van der Waals surface area contributed by atoms with Crippen LogP contribution in [0.25, 0.3) is 5.65 Å². The third kappa shape index (κ3) is 1.14.